The minimum absolute atomic E-state index is 0.0179. The number of hydrogen-bond acceptors (Lipinski definition) is 13. The van der Waals surface area contributed by atoms with Crippen LogP contribution in [0.15, 0.2) is 0 Å². The molecule has 4 rings (SSSR count). The van der Waals surface area contributed by atoms with E-state index in [1.165, 1.54) is 6.92 Å². The first-order valence-corrected chi connectivity index (χ1v) is 19.6. The summed E-state index contributed by atoms with van der Waals surface area (Å²) >= 11 is 0. The number of hydrogen-bond donors (Lipinski definition) is 4. The number of rotatable bonds is 11. The maximum atomic E-state index is 14.3. The lowest BCUT2D eigenvalue weighted by Crippen LogP contribution is -2.61. The maximum absolute atomic E-state index is 14.3. The van der Waals surface area contributed by atoms with Crippen LogP contribution in [-0.4, -0.2) is 153 Å². The van der Waals surface area contributed by atoms with Gasteiger partial charge in [-0.2, -0.15) is 0 Å². The van der Waals surface area contributed by atoms with Crippen molar-refractivity contribution in [2.45, 2.75) is 153 Å². The predicted octanol–water partition coefficient (Wildman–Crippen LogP) is 1.83. The summed E-state index contributed by atoms with van der Waals surface area (Å²) in [6, 6.07) is -0.688. The SMILES string of the molecule is CC[C@H]1OC(=O)C(C)C(=O)[C@H](C)[C@@H](O[C@@H]2O[C@H](CNC(=O)CN(C)C3CC3)CC(N(C)C)C2O)[C@](C)(OC)C[C@@H](C)CN[C@H](C)[C@H]2NC(=O)O[C@@]21CC. The molecule has 0 spiro atoms. The number of amides is 2. The zero-order valence-corrected chi connectivity index (χ0v) is 33.8. The summed E-state index contributed by atoms with van der Waals surface area (Å²) in [6.45, 7) is 13.9. The summed E-state index contributed by atoms with van der Waals surface area (Å²) in [6.07, 6.45) is -1.27. The Morgan fingerprint density at radius 2 is 1.77 bits per heavy atom. The summed E-state index contributed by atoms with van der Waals surface area (Å²) < 4.78 is 31.3. The number of Topliss-reactive ketones (excluding diaryl/α,β-unsaturated/α-hetero) is 1. The molecule has 1 saturated carbocycles. The minimum Gasteiger partial charge on any atom is -0.457 e. The minimum atomic E-state index is -1.19. The van der Waals surface area contributed by atoms with Crippen LogP contribution in [0.5, 0.6) is 0 Å². The van der Waals surface area contributed by atoms with Gasteiger partial charge in [-0.25, -0.2) is 4.79 Å². The number of fused-ring (bicyclic) bond motifs is 1. The van der Waals surface area contributed by atoms with Crippen molar-refractivity contribution in [3.8, 4) is 0 Å². The van der Waals surface area contributed by atoms with Crippen LogP contribution in [0.3, 0.4) is 0 Å². The van der Waals surface area contributed by atoms with Crippen LogP contribution in [0.1, 0.15) is 87.0 Å². The van der Waals surface area contributed by atoms with Crippen LogP contribution in [0.25, 0.3) is 0 Å². The Bertz CT molecular complexity index is 1290. The van der Waals surface area contributed by atoms with Crippen molar-refractivity contribution in [1.82, 2.24) is 25.8 Å². The van der Waals surface area contributed by atoms with Crippen LogP contribution >= 0.6 is 0 Å². The van der Waals surface area contributed by atoms with E-state index in [2.05, 4.69) is 22.9 Å². The molecule has 15 heteroatoms. The number of likely N-dealkylation sites (N-methyl/N-ethyl adjacent to an activating group) is 2. The van der Waals surface area contributed by atoms with Gasteiger partial charge in [-0.05, 0) is 92.9 Å². The highest BCUT2D eigenvalue weighted by molar-refractivity contribution is 6.00. The molecule has 4 aliphatic rings. The summed E-state index contributed by atoms with van der Waals surface area (Å²) in [5.74, 6) is -3.37. The number of esters is 1. The third-order valence-corrected chi connectivity index (χ3v) is 12.1. The first-order chi connectivity index (χ1) is 24.9. The van der Waals surface area contributed by atoms with Crippen molar-refractivity contribution in [2.75, 3.05) is 47.9 Å². The van der Waals surface area contributed by atoms with Gasteiger partial charge in [0.25, 0.3) is 0 Å². The van der Waals surface area contributed by atoms with E-state index in [1.807, 2.05) is 58.6 Å². The predicted molar refractivity (Wildman–Crippen MR) is 197 cm³/mol. The van der Waals surface area contributed by atoms with E-state index in [-0.39, 0.29) is 37.0 Å². The van der Waals surface area contributed by atoms with E-state index in [4.69, 9.17) is 23.7 Å². The Morgan fingerprint density at radius 1 is 1.09 bits per heavy atom. The molecule has 0 radical (unpaired) electrons. The van der Waals surface area contributed by atoms with Gasteiger partial charge in [-0.15, -0.1) is 0 Å². The average molecular weight is 754 g/mol. The molecule has 0 bridgehead atoms. The summed E-state index contributed by atoms with van der Waals surface area (Å²) in [5.41, 5.74) is -2.22. The lowest BCUT2D eigenvalue weighted by Gasteiger charge is -2.47. The molecule has 2 amide bonds. The van der Waals surface area contributed by atoms with Crippen LogP contribution < -0.4 is 16.0 Å². The van der Waals surface area contributed by atoms with Crippen molar-refractivity contribution >= 4 is 23.8 Å². The van der Waals surface area contributed by atoms with Crippen LogP contribution in [0, 0.1) is 17.8 Å². The quantitative estimate of drug-likeness (QED) is 0.178. The molecule has 3 saturated heterocycles. The van der Waals surface area contributed by atoms with Gasteiger partial charge in [0, 0.05) is 37.7 Å². The Kier molecular flexibility index (Phi) is 14.7. The van der Waals surface area contributed by atoms with Crippen LogP contribution in [0.2, 0.25) is 0 Å². The second-order valence-corrected chi connectivity index (χ2v) is 16.5. The summed E-state index contributed by atoms with van der Waals surface area (Å²) in [4.78, 5) is 57.6. The van der Waals surface area contributed by atoms with Gasteiger partial charge in [0.2, 0.25) is 5.91 Å². The molecule has 4 N–H and O–H groups in total. The van der Waals surface area contributed by atoms with Gasteiger partial charge in [0.1, 0.15) is 18.1 Å². The highest BCUT2D eigenvalue weighted by atomic mass is 16.7. The number of methoxy groups -OCH3 is 1. The smallest absolute Gasteiger partial charge is 0.408 e. The zero-order chi connectivity index (χ0) is 39.4. The Labute approximate surface area is 315 Å². The number of ketones is 1. The molecule has 0 aromatic rings. The largest absolute Gasteiger partial charge is 0.457 e. The highest BCUT2D eigenvalue weighted by Crippen LogP contribution is 2.39. The molecular formula is C38H67N5O10. The van der Waals surface area contributed by atoms with Crippen molar-refractivity contribution in [3.63, 3.8) is 0 Å². The second kappa shape index (κ2) is 18.0. The molecule has 3 unspecified atom stereocenters. The van der Waals surface area contributed by atoms with Gasteiger partial charge in [0.15, 0.2) is 17.7 Å². The van der Waals surface area contributed by atoms with E-state index < -0.39 is 77.6 Å². The van der Waals surface area contributed by atoms with Gasteiger partial charge in [-0.1, -0.05) is 27.7 Å². The number of cyclic esters (lactones) is 1. The monoisotopic (exact) mass is 753 g/mol. The Hall–Kier alpha value is -2.40. The fourth-order valence-corrected chi connectivity index (χ4v) is 8.63. The third-order valence-electron chi connectivity index (χ3n) is 12.1. The number of nitrogens with one attached hydrogen (secondary N) is 3. The molecule has 3 aliphatic heterocycles. The molecule has 304 valence electrons. The molecule has 0 aromatic heterocycles. The zero-order valence-electron chi connectivity index (χ0n) is 33.8. The van der Waals surface area contributed by atoms with Crippen molar-refractivity contribution in [2.24, 2.45) is 17.8 Å². The van der Waals surface area contributed by atoms with Crippen molar-refractivity contribution in [1.29, 1.82) is 0 Å². The number of ether oxygens (including phenoxy) is 5. The van der Waals surface area contributed by atoms with Crippen molar-refractivity contribution in [3.05, 3.63) is 0 Å². The third kappa shape index (κ3) is 9.89. The summed E-state index contributed by atoms with van der Waals surface area (Å²) in [7, 11) is 7.24. The lowest BCUT2D eigenvalue weighted by molar-refractivity contribution is -0.296. The van der Waals surface area contributed by atoms with Crippen molar-refractivity contribution < 1.29 is 48.0 Å². The molecule has 15 nitrogen and oxygen atoms in total. The van der Waals surface area contributed by atoms with Crippen LogP contribution in [-0.2, 0) is 38.1 Å². The number of aliphatic hydroxyl groups is 1. The van der Waals surface area contributed by atoms with Gasteiger partial charge < -0.3 is 49.6 Å². The first-order valence-electron chi connectivity index (χ1n) is 19.6. The first kappa shape index (κ1) is 43.3. The average Bonchev–Trinajstić information content (AvgIpc) is 3.92. The Morgan fingerprint density at radius 3 is 2.36 bits per heavy atom. The maximum Gasteiger partial charge on any atom is 0.408 e. The summed E-state index contributed by atoms with van der Waals surface area (Å²) in [5, 5.41) is 21.2. The second-order valence-electron chi connectivity index (χ2n) is 16.5. The number of alkyl carbamates (subject to hydrolysis) is 1. The molecule has 1 aliphatic carbocycles. The highest BCUT2D eigenvalue weighted by Gasteiger charge is 2.57. The topological polar surface area (TPSA) is 177 Å². The molecule has 0 aromatic carbocycles. The van der Waals surface area contributed by atoms with Gasteiger partial charge in [0.05, 0.1) is 30.4 Å². The number of nitrogens with zero attached hydrogens (tertiary/aromatic N) is 2. The molecular weight excluding hydrogens is 686 g/mol. The van der Waals surface area contributed by atoms with E-state index in [1.54, 1.807) is 14.0 Å². The molecule has 3 heterocycles. The van der Waals surface area contributed by atoms with Gasteiger partial charge in [-0.3, -0.25) is 19.3 Å². The fraction of sp³-hybridized carbons (Fsp3) is 0.895. The van der Waals surface area contributed by atoms with Gasteiger partial charge >= 0.3 is 12.1 Å². The van der Waals surface area contributed by atoms with E-state index in [9.17, 15) is 24.3 Å². The number of carbonyl (C=O) groups excluding carboxylic acids is 4. The fourth-order valence-electron chi connectivity index (χ4n) is 8.63. The molecule has 53 heavy (non-hydrogen) atoms. The van der Waals surface area contributed by atoms with E-state index in [0.717, 1.165) is 12.8 Å². The normalized spacial score (nSPS) is 40.5. The lowest BCUT2D eigenvalue weighted by atomic mass is 9.78. The standard InChI is InChI=1S/C38H67N5O10/c1-12-28-38(13-2)32(41-36(48)53-38)24(6)39-18-21(3)17-37(7,49-11)33(22(4)30(45)23(5)34(47)51-28)52-35-31(46)27(42(8)9)16-26(50-35)19-40-29(44)20-43(10)25-14-15-25/h21-28,31-33,35,39,46H,12-20H2,1-11H3,(H,40,44)(H,41,48)/t21-,22+,23?,24-,26+,27?,28-,31?,32-,33-,35+,37-,38-/m1/s1. The number of aliphatic hydroxyl groups excluding tert-OH is 1. The number of carbonyl (C=O) groups is 4. The van der Waals surface area contributed by atoms with E-state index in [0.29, 0.717) is 38.3 Å². The molecule has 13 atom stereocenters. The molecule has 4 fully saturated rings. The Balaban J connectivity index is 1.63. The van der Waals surface area contributed by atoms with Crippen LogP contribution in [0.4, 0.5) is 4.79 Å². The van der Waals surface area contributed by atoms with E-state index >= 15 is 0 Å².